The normalized spacial score (nSPS) is 19.1. The quantitative estimate of drug-likeness (QED) is 0.892. The predicted molar refractivity (Wildman–Crippen MR) is 69.3 cm³/mol. The summed E-state index contributed by atoms with van der Waals surface area (Å²) < 4.78 is 7.31. The molecule has 0 aliphatic carbocycles. The van der Waals surface area contributed by atoms with E-state index in [4.69, 9.17) is 4.74 Å². The second-order valence-electron chi connectivity index (χ2n) is 4.52. The number of aryl methyl sites for hydroxylation is 1. The summed E-state index contributed by atoms with van der Waals surface area (Å²) in [6.45, 7) is 1.61. The molecule has 1 aromatic heterocycles. The van der Waals surface area contributed by atoms with Gasteiger partial charge in [0.15, 0.2) is 5.82 Å². The van der Waals surface area contributed by atoms with Crippen molar-refractivity contribution < 1.29 is 4.74 Å². The first-order chi connectivity index (χ1) is 8.84. The van der Waals surface area contributed by atoms with Crippen molar-refractivity contribution >= 4 is 5.69 Å². The summed E-state index contributed by atoms with van der Waals surface area (Å²) in [5.74, 6) is 0.872. The van der Waals surface area contributed by atoms with Crippen LogP contribution in [0.2, 0.25) is 0 Å². The van der Waals surface area contributed by atoms with Gasteiger partial charge in [-0.05, 0) is 18.6 Å². The molecule has 5 nitrogen and oxygen atoms in total. The van der Waals surface area contributed by atoms with E-state index < -0.39 is 0 Å². The van der Waals surface area contributed by atoms with E-state index in [1.54, 1.807) is 6.33 Å². The van der Waals surface area contributed by atoms with Gasteiger partial charge in [0.25, 0.3) is 0 Å². The van der Waals surface area contributed by atoms with Crippen LogP contribution in [0.1, 0.15) is 6.42 Å². The van der Waals surface area contributed by atoms with Crippen LogP contribution in [0.4, 0.5) is 5.69 Å². The van der Waals surface area contributed by atoms with Crippen LogP contribution in [0, 0.1) is 0 Å². The van der Waals surface area contributed by atoms with E-state index >= 15 is 0 Å². The zero-order chi connectivity index (χ0) is 12.4. The largest absolute Gasteiger partial charge is 0.379 e. The molecule has 1 N–H and O–H groups in total. The number of aromatic nitrogens is 3. The molecule has 18 heavy (non-hydrogen) atoms. The van der Waals surface area contributed by atoms with Crippen molar-refractivity contribution in [1.82, 2.24) is 14.8 Å². The molecule has 0 saturated carbocycles. The number of nitrogens with one attached hydrogen (secondary N) is 1. The number of nitrogens with zero attached hydrogens (tertiary/aromatic N) is 3. The molecule has 1 aliphatic rings. The maximum Gasteiger partial charge on any atom is 0.165 e. The minimum atomic E-state index is 0.388. The van der Waals surface area contributed by atoms with Crippen LogP contribution in [-0.2, 0) is 11.8 Å². The average molecular weight is 244 g/mol. The highest BCUT2D eigenvalue weighted by Crippen LogP contribution is 2.27. The Morgan fingerprint density at radius 1 is 1.39 bits per heavy atom. The van der Waals surface area contributed by atoms with E-state index in [1.807, 2.05) is 23.7 Å². The summed E-state index contributed by atoms with van der Waals surface area (Å²) in [6, 6.07) is 8.56. The van der Waals surface area contributed by atoms with Crippen LogP contribution >= 0.6 is 0 Å². The van der Waals surface area contributed by atoms with Crippen LogP contribution in [0.5, 0.6) is 0 Å². The van der Waals surface area contributed by atoms with Gasteiger partial charge in [0.05, 0.1) is 12.6 Å². The standard InChI is InChI=1S/C13H16N4O/c1-17-9-14-16-13(17)11-4-2-3-5-12(11)15-10-6-7-18-8-10/h2-5,9-10,15H,6-8H2,1H3. The Labute approximate surface area is 106 Å². The molecule has 0 amide bonds. The Morgan fingerprint density at radius 2 is 2.28 bits per heavy atom. The molecule has 0 radical (unpaired) electrons. The van der Waals surface area contributed by atoms with Crippen LogP contribution in [0.25, 0.3) is 11.4 Å². The van der Waals surface area contributed by atoms with Gasteiger partial charge in [-0.15, -0.1) is 10.2 Å². The van der Waals surface area contributed by atoms with Gasteiger partial charge in [-0.2, -0.15) is 0 Å². The van der Waals surface area contributed by atoms with Crippen molar-refractivity contribution in [3.63, 3.8) is 0 Å². The summed E-state index contributed by atoms with van der Waals surface area (Å²) in [6.07, 6.45) is 2.76. The van der Waals surface area contributed by atoms with E-state index in [0.717, 1.165) is 36.7 Å². The molecule has 1 saturated heterocycles. The van der Waals surface area contributed by atoms with Crippen LogP contribution in [-0.4, -0.2) is 34.0 Å². The first kappa shape index (κ1) is 11.2. The summed E-state index contributed by atoms with van der Waals surface area (Å²) in [7, 11) is 1.95. The maximum atomic E-state index is 5.39. The molecule has 1 unspecified atom stereocenters. The fourth-order valence-electron chi connectivity index (χ4n) is 2.20. The van der Waals surface area contributed by atoms with Crippen molar-refractivity contribution in [2.24, 2.45) is 7.05 Å². The topological polar surface area (TPSA) is 52.0 Å². The second kappa shape index (κ2) is 4.78. The average Bonchev–Trinajstić information content (AvgIpc) is 3.02. The number of anilines is 1. The van der Waals surface area contributed by atoms with E-state index in [-0.39, 0.29) is 0 Å². The highest BCUT2D eigenvalue weighted by atomic mass is 16.5. The van der Waals surface area contributed by atoms with Crippen LogP contribution in [0.3, 0.4) is 0 Å². The lowest BCUT2D eigenvalue weighted by Crippen LogP contribution is -2.19. The number of hydrogen-bond acceptors (Lipinski definition) is 4. The molecule has 1 atom stereocenters. The first-order valence-corrected chi connectivity index (χ1v) is 6.12. The Bertz CT molecular complexity index is 531. The minimum absolute atomic E-state index is 0.388. The molecule has 2 aromatic rings. The van der Waals surface area contributed by atoms with Gasteiger partial charge in [0, 0.05) is 24.9 Å². The molecule has 1 fully saturated rings. The molecule has 5 heteroatoms. The van der Waals surface area contributed by atoms with Crippen molar-refractivity contribution in [2.75, 3.05) is 18.5 Å². The molecule has 3 rings (SSSR count). The number of rotatable bonds is 3. The molecule has 0 spiro atoms. The van der Waals surface area contributed by atoms with E-state index in [2.05, 4.69) is 27.6 Å². The Kier molecular flexibility index (Phi) is 2.98. The van der Waals surface area contributed by atoms with Crippen molar-refractivity contribution in [3.8, 4) is 11.4 Å². The smallest absolute Gasteiger partial charge is 0.165 e. The summed E-state index contributed by atoms with van der Waals surface area (Å²) in [5.41, 5.74) is 2.16. The summed E-state index contributed by atoms with van der Waals surface area (Å²) in [4.78, 5) is 0. The third kappa shape index (κ3) is 2.09. The summed E-state index contributed by atoms with van der Waals surface area (Å²) in [5, 5.41) is 11.6. The monoisotopic (exact) mass is 244 g/mol. The lowest BCUT2D eigenvalue weighted by molar-refractivity contribution is 0.195. The van der Waals surface area contributed by atoms with Gasteiger partial charge in [-0.3, -0.25) is 0 Å². The van der Waals surface area contributed by atoms with Gasteiger partial charge >= 0.3 is 0 Å². The third-order valence-corrected chi connectivity index (χ3v) is 3.17. The van der Waals surface area contributed by atoms with Crippen molar-refractivity contribution in [2.45, 2.75) is 12.5 Å². The zero-order valence-electron chi connectivity index (χ0n) is 10.3. The van der Waals surface area contributed by atoms with E-state index in [9.17, 15) is 0 Å². The highest BCUT2D eigenvalue weighted by Gasteiger charge is 2.17. The van der Waals surface area contributed by atoms with Crippen molar-refractivity contribution in [3.05, 3.63) is 30.6 Å². The van der Waals surface area contributed by atoms with Gasteiger partial charge in [-0.25, -0.2) is 0 Å². The fourth-order valence-corrected chi connectivity index (χ4v) is 2.20. The molecule has 1 aromatic carbocycles. The van der Waals surface area contributed by atoms with Gasteiger partial charge in [0.2, 0.25) is 0 Å². The van der Waals surface area contributed by atoms with Gasteiger partial charge in [0.1, 0.15) is 6.33 Å². The Morgan fingerprint density at radius 3 is 3.00 bits per heavy atom. The molecular formula is C13H16N4O. The van der Waals surface area contributed by atoms with Gasteiger partial charge in [-0.1, -0.05) is 12.1 Å². The molecule has 94 valence electrons. The number of para-hydroxylation sites is 1. The number of benzene rings is 1. The molecule has 0 bridgehead atoms. The zero-order valence-corrected chi connectivity index (χ0v) is 10.3. The number of ether oxygens (including phenoxy) is 1. The summed E-state index contributed by atoms with van der Waals surface area (Å²) >= 11 is 0. The Balaban J connectivity index is 1.92. The molecular weight excluding hydrogens is 228 g/mol. The van der Waals surface area contributed by atoms with Crippen LogP contribution < -0.4 is 5.32 Å². The van der Waals surface area contributed by atoms with E-state index in [1.165, 1.54) is 0 Å². The lowest BCUT2D eigenvalue weighted by atomic mass is 10.1. The fraction of sp³-hybridized carbons (Fsp3) is 0.385. The van der Waals surface area contributed by atoms with E-state index in [0.29, 0.717) is 6.04 Å². The first-order valence-electron chi connectivity index (χ1n) is 6.12. The lowest BCUT2D eigenvalue weighted by Gasteiger charge is -2.15. The van der Waals surface area contributed by atoms with Crippen LogP contribution in [0.15, 0.2) is 30.6 Å². The maximum absolute atomic E-state index is 5.39. The SMILES string of the molecule is Cn1cnnc1-c1ccccc1NC1CCOC1. The predicted octanol–water partition coefficient (Wildman–Crippen LogP) is 1.68. The second-order valence-corrected chi connectivity index (χ2v) is 4.52. The molecule has 1 aliphatic heterocycles. The van der Waals surface area contributed by atoms with Gasteiger partial charge < -0.3 is 14.6 Å². The molecule has 2 heterocycles. The third-order valence-electron chi connectivity index (χ3n) is 3.17. The highest BCUT2D eigenvalue weighted by molar-refractivity contribution is 5.73. The number of hydrogen-bond donors (Lipinski definition) is 1. The van der Waals surface area contributed by atoms with Crippen molar-refractivity contribution in [1.29, 1.82) is 0 Å². The minimum Gasteiger partial charge on any atom is -0.379 e. The Hall–Kier alpha value is -1.88.